The molecule has 0 N–H and O–H groups in total. The van der Waals surface area contributed by atoms with Gasteiger partial charge in [-0.1, -0.05) is 0 Å². The molecule has 0 spiro atoms. The highest BCUT2D eigenvalue weighted by molar-refractivity contribution is 14.1. The van der Waals surface area contributed by atoms with Crippen LogP contribution in [-0.2, 0) is 16.0 Å². The average molecular weight is 362 g/mol. The zero-order valence-electron chi connectivity index (χ0n) is 11.1. The quantitative estimate of drug-likeness (QED) is 0.574. The third-order valence-electron chi connectivity index (χ3n) is 2.70. The van der Waals surface area contributed by atoms with E-state index in [1.807, 2.05) is 13.8 Å². The lowest BCUT2D eigenvalue weighted by atomic mass is 10.1. The number of carbonyl (C=O) groups excluding carboxylic acids is 1. The predicted octanol–water partition coefficient (Wildman–Crippen LogP) is 3.49. The molecule has 0 heterocycles. The molecule has 0 saturated heterocycles. The molecule has 1 rings (SSSR count). The minimum atomic E-state index is -0.119. The lowest BCUT2D eigenvalue weighted by molar-refractivity contribution is -0.143. The summed E-state index contributed by atoms with van der Waals surface area (Å²) in [7, 11) is 1.68. The van der Waals surface area contributed by atoms with Crippen molar-refractivity contribution in [1.29, 1.82) is 0 Å². The third kappa shape index (κ3) is 4.48. The maximum absolute atomic E-state index is 11.2. The van der Waals surface area contributed by atoms with Crippen molar-refractivity contribution in [3.63, 3.8) is 0 Å². The van der Waals surface area contributed by atoms with Crippen molar-refractivity contribution < 1.29 is 14.3 Å². The van der Waals surface area contributed by atoms with Gasteiger partial charge in [-0.05, 0) is 72.5 Å². The van der Waals surface area contributed by atoms with Crippen LogP contribution in [0.25, 0.3) is 0 Å². The second kappa shape index (κ2) is 7.61. The molecule has 0 bridgehead atoms. The Morgan fingerprint density at radius 2 is 2.11 bits per heavy atom. The molecule has 0 fully saturated rings. The molecule has 0 atom stereocenters. The molecule has 0 aliphatic carbocycles. The van der Waals surface area contributed by atoms with E-state index in [2.05, 4.69) is 34.7 Å². The first kappa shape index (κ1) is 15.3. The van der Waals surface area contributed by atoms with Gasteiger partial charge in [0.2, 0.25) is 0 Å². The molecule has 0 amide bonds. The maximum Gasteiger partial charge on any atom is 0.305 e. The number of aryl methyl sites for hydroxylation is 2. The van der Waals surface area contributed by atoms with Gasteiger partial charge in [0, 0.05) is 9.99 Å². The second-order valence-electron chi connectivity index (χ2n) is 4.07. The minimum Gasteiger partial charge on any atom is -0.496 e. The molecule has 3 nitrogen and oxygen atoms in total. The Labute approximate surface area is 122 Å². The summed E-state index contributed by atoms with van der Waals surface area (Å²) in [4.78, 5) is 11.2. The van der Waals surface area contributed by atoms with Crippen molar-refractivity contribution in [3.05, 3.63) is 26.8 Å². The van der Waals surface area contributed by atoms with Gasteiger partial charge in [0.1, 0.15) is 5.75 Å². The highest BCUT2D eigenvalue weighted by Crippen LogP contribution is 2.25. The van der Waals surface area contributed by atoms with E-state index in [0.717, 1.165) is 24.2 Å². The van der Waals surface area contributed by atoms with E-state index in [1.54, 1.807) is 7.11 Å². The van der Waals surface area contributed by atoms with Crippen LogP contribution in [0.3, 0.4) is 0 Å². The highest BCUT2D eigenvalue weighted by atomic mass is 127. The van der Waals surface area contributed by atoms with Gasteiger partial charge in [0.05, 0.1) is 13.7 Å². The number of hydrogen-bond acceptors (Lipinski definition) is 3. The fourth-order valence-electron chi connectivity index (χ4n) is 1.76. The Kier molecular flexibility index (Phi) is 6.46. The van der Waals surface area contributed by atoms with Crippen LogP contribution in [0.4, 0.5) is 0 Å². The van der Waals surface area contributed by atoms with Crippen LogP contribution < -0.4 is 4.74 Å². The Morgan fingerprint density at radius 3 is 2.72 bits per heavy atom. The summed E-state index contributed by atoms with van der Waals surface area (Å²) < 4.78 is 11.4. The number of benzene rings is 1. The van der Waals surface area contributed by atoms with Gasteiger partial charge in [-0.3, -0.25) is 4.79 Å². The van der Waals surface area contributed by atoms with Gasteiger partial charge in [-0.25, -0.2) is 0 Å². The highest BCUT2D eigenvalue weighted by Gasteiger charge is 2.07. The van der Waals surface area contributed by atoms with Crippen molar-refractivity contribution in [2.45, 2.75) is 33.1 Å². The minimum absolute atomic E-state index is 0.119. The smallest absolute Gasteiger partial charge is 0.305 e. The van der Waals surface area contributed by atoms with Crippen LogP contribution in [0.5, 0.6) is 5.75 Å². The van der Waals surface area contributed by atoms with Gasteiger partial charge in [-0.15, -0.1) is 0 Å². The summed E-state index contributed by atoms with van der Waals surface area (Å²) in [6.45, 7) is 4.31. The zero-order valence-corrected chi connectivity index (χ0v) is 13.2. The molecule has 100 valence electrons. The van der Waals surface area contributed by atoms with Crippen molar-refractivity contribution in [1.82, 2.24) is 0 Å². The van der Waals surface area contributed by atoms with Crippen molar-refractivity contribution in [3.8, 4) is 5.75 Å². The van der Waals surface area contributed by atoms with Gasteiger partial charge < -0.3 is 9.47 Å². The molecular weight excluding hydrogens is 343 g/mol. The Bertz CT molecular complexity index is 416. The molecule has 0 aromatic heterocycles. The van der Waals surface area contributed by atoms with Gasteiger partial charge in [0.25, 0.3) is 0 Å². The fourth-order valence-corrected chi connectivity index (χ4v) is 2.66. The van der Waals surface area contributed by atoms with Crippen LogP contribution in [0, 0.1) is 10.5 Å². The first-order valence-corrected chi connectivity index (χ1v) is 7.15. The Balaban J connectivity index is 2.59. The third-order valence-corrected chi connectivity index (χ3v) is 3.70. The molecule has 4 heteroatoms. The maximum atomic E-state index is 11.2. The summed E-state index contributed by atoms with van der Waals surface area (Å²) in [5, 5.41) is 0. The SMILES string of the molecule is CCOC(=O)CCCc1cc(OC)c(C)cc1I. The lowest BCUT2D eigenvalue weighted by Crippen LogP contribution is -2.04. The van der Waals surface area contributed by atoms with E-state index in [9.17, 15) is 4.79 Å². The van der Waals surface area contributed by atoms with Gasteiger partial charge in [-0.2, -0.15) is 0 Å². The predicted molar refractivity (Wildman–Crippen MR) is 80.0 cm³/mol. The standard InChI is InChI=1S/C14H19IO3/c1-4-18-14(16)7-5-6-11-9-13(17-3)10(2)8-12(11)15/h8-9H,4-7H2,1-3H3. The average Bonchev–Trinajstić information content (AvgIpc) is 2.32. The molecule has 1 aromatic rings. The van der Waals surface area contributed by atoms with Gasteiger partial charge >= 0.3 is 5.97 Å². The molecule has 0 radical (unpaired) electrons. The first-order chi connectivity index (χ1) is 8.58. The largest absolute Gasteiger partial charge is 0.496 e. The van der Waals surface area contributed by atoms with Crippen LogP contribution >= 0.6 is 22.6 Å². The lowest BCUT2D eigenvalue weighted by Gasteiger charge is -2.10. The fraction of sp³-hybridized carbons (Fsp3) is 0.500. The summed E-state index contributed by atoms with van der Waals surface area (Å²) in [5.74, 6) is 0.785. The molecule has 0 aliphatic heterocycles. The first-order valence-electron chi connectivity index (χ1n) is 6.07. The molecule has 1 aromatic carbocycles. The van der Waals surface area contributed by atoms with Crippen molar-refractivity contribution >= 4 is 28.6 Å². The van der Waals surface area contributed by atoms with Gasteiger partial charge in [0.15, 0.2) is 0 Å². The van der Waals surface area contributed by atoms with Crippen molar-refractivity contribution in [2.24, 2.45) is 0 Å². The number of hydrogen-bond donors (Lipinski definition) is 0. The second-order valence-corrected chi connectivity index (χ2v) is 5.23. The Morgan fingerprint density at radius 1 is 1.39 bits per heavy atom. The topological polar surface area (TPSA) is 35.5 Å². The zero-order chi connectivity index (χ0) is 13.5. The number of halogens is 1. The van der Waals surface area contributed by atoms with Crippen molar-refractivity contribution in [2.75, 3.05) is 13.7 Å². The molecule has 18 heavy (non-hydrogen) atoms. The summed E-state index contributed by atoms with van der Waals surface area (Å²) in [6, 6.07) is 4.17. The van der Waals surface area contributed by atoms with E-state index >= 15 is 0 Å². The molecule has 0 aliphatic rings. The normalized spacial score (nSPS) is 10.2. The summed E-state index contributed by atoms with van der Waals surface area (Å²) in [6.07, 6.45) is 2.15. The van der Waals surface area contributed by atoms with E-state index in [4.69, 9.17) is 9.47 Å². The van der Waals surface area contributed by atoms with Crippen LogP contribution in [0.2, 0.25) is 0 Å². The molecule has 0 saturated carbocycles. The van der Waals surface area contributed by atoms with E-state index in [1.165, 1.54) is 9.13 Å². The van der Waals surface area contributed by atoms with E-state index < -0.39 is 0 Å². The monoisotopic (exact) mass is 362 g/mol. The van der Waals surface area contributed by atoms with Crippen LogP contribution in [-0.4, -0.2) is 19.7 Å². The summed E-state index contributed by atoms with van der Waals surface area (Å²) >= 11 is 2.32. The van der Waals surface area contributed by atoms with E-state index in [0.29, 0.717) is 13.0 Å². The van der Waals surface area contributed by atoms with Crippen LogP contribution in [0.15, 0.2) is 12.1 Å². The molecular formula is C14H19IO3. The van der Waals surface area contributed by atoms with Crippen LogP contribution in [0.1, 0.15) is 30.9 Å². The number of ether oxygens (including phenoxy) is 2. The Hall–Kier alpha value is -0.780. The number of esters is 1. The molecule has 0 unspecified atom stereocenters. The summed E-state index contributed by atoms with van der Waals surface area (Å²) in [5.41, 5.74) is 2.36. The number of carbonyl (C=O) groups is 1. The number of rotatable bonds is 6. The number of methoxy groups -OCH3 is 1. The van der Waals surface area contributed by atoms with E-state index in [-0.39, 0.29) is 5.97 Å².